The second-order valence-corrected chi connectivity index (χ2v) is 15.6. The van der Waals surface area contributed by atoms with Crippen LogP contribution in [0.1, 0.15) is 43.0 Å². The van der Waals surface area contributed by atoms with Crippen molar-refractivity contribution in [3.8, 4) is 34.0 Å². The Bertz CT molecular complexity index is 3160. The van der Waals surface area contributed by atoms with Gasteiger partial charge in [-0.25, -0.2) is 0 Å². The van der Waals surface area contributed by atoms with E-state index in [2.05, 4.69) is 175 Å². The highest BCUT2D eigenvalue weighted by molar-refractivity contribution is 6.12. The normalized spacial score (nSPS) is 15.9. The average Bonchev–Trinajstić information content (AvgIpc) is 3.83. The lowest BCUT2D eigenvalue weighted by atomic mass is 9.80. The average molecular weight is 704 g/mol. The van der Waals surface area contributed by atoms with E-state index in [0.717, 1.165) is 23.2 Å². The van der Waals surface area contributed by atoms with Gasteiger partial charge in [-0.1, -0.05) is 123 Å². The van der Waals surface area contributed by atoms with Crippen LogP contribution in [0.3, 0.4) is 0 Å². The molecule has 2 heterocycles. The Morgan fingerprint density at radius 3 is 1.95 bits per heavy atom. The van der Waals surface area contributed by atoms with Crippen molar-refractivity contribution in [2.75, 3.05) is 0 Å². The molecule has 7 aromatic carbocycles. The fourth-order valence-corrected chi connectivity index (χ4v) is 9.65. The Morgan fingerprint density at radius 2 is 1.16 bits per heavy atom. The molecule has 2 aliphatic rings. The van der Waals surface area contributed by atoms with E-state index >= 15 is 0 Å². The highest BCUT2D eigenvalue weighted by atomic mass is 15.0. The first-order valence-electron chi connectivity index (χ1n) is 19.2. The molecule has 0 saturated heterocycles. The SMILES string of the molecule is CC1(C)C2=CCC(n3c4ccccc4c4cc(-c5ccc6c(c5)c5ccccc5n6-c5cccc(-c6ccc(C#N)cc6)c5)ccc43)C=C2c2ccccc21. The molecule has 11 rings (SSSR count). The minimum absolute atomic E-state index is 0.0206. The van der Waals surface area contributed by atoms with Crippen molar-refractivity contribution in [2.45, 2.75) is 31.7 Å². The molecule has 260 valence electrons. The van der Waals surface area contributed by atoms with Gasteiger partial charge in [-0.15, -0.1) is 0 Å². The number of para-hydroxylation sites is 2. The summed E-state index contributed by atoms with van der Waals surface area (Å²) in [7, 11) is 0. The first kappa shape index (κ1) is 31.6. The number of allylic oxidation sites excluding steroid dienone is 4. The number of benzene rings is 7. The van der Waals surface area contributed by atoms with Crippen LogP contribution in [-0.4, -0.2) is 9.13 Å². The summed E-state index contributed by atoms with van der Waals surface area (Å²) in [6, 6.07) is 59.5. The molecule has 0 amide bonds. The quantitative estimate of drug-likeness (QED) is 0.180. The number of aromatic nitrogens is 2. The summed E-state index contributed by atoms with van der Waals surface area (Å²) in [5.41, 5.74) is 17.0. The van der Waals surface area contributed by atoms with Gasteiger partial charge in [0.1, 0.15) is 0 Å². The third kappa shape index (κ3) is 4.68. The Morgan fingerprint density at radius 1 is 0.564 bits per heavy atom. The number of hydrogen-bond acceptors (Lipinski definition) is 1. The maximum absolute atomic E-state index is 9.31. The topological polar surface area (TPSA) is 33.6 Å². The summed E-state index contributed by atoms with van der Waals surface area (Å²) >= 11 is 0. The molecule has 0 fully saturated rings. The predicted octanol–water partition coefficient (Wildman–Crippen LogP) is 13.3. The molecule has 0 N–H and O–H groups in total. The maximum atomic E-state index is 9.31. The Hall–Kier alpha value is -6.89. The van der Waals surface area contributed by atoms with E-state index in [-0.39, 0.29) is 11.5 Å². The van der Waals surface area contributed by atoms with Gasteiger partial charge in [0.2, 0.25) is 0 Å². The first-order valence-corrected chi connectivity index (χ1v) is 19.2. The van der Waals surface area contributed by atoms with Crippen LogP contribution in [0.15, 0.2) is 175 Å². The van der Waals surface area contributed by atoms with Crippen LogP contribution in [0.2, 0.25) is 0 Å². The second kappa shape index (κ2) is 11.8. The summed E-state index contributed by atoms with van der Waals surface area (Å²) in [6.07, 6.45) is 6.01. The zero-order valence-electron chi connectivity index (χ0n) is 30.8. The van der Waals surface area contributed by atoms with Crippen molar-refractivity contribution < 1.29 is 0 Å². The Labute approximate surface area is 320 Å². The van der Waals surface area contributed by atoms with Gasteiger partial charge in [-0.2, -0.15) is 5.26 Å². The predicted molar refractivity (Wildman–Crippen MR) is 229 cm³/mol. The van der Waals surface area contributed by atoms with E-state index in [1.54, 1.807) is 0 Å². The summed E-state index contributed by atoms with van der Waals surface area (Å²) < 4.78 is 4.95. The number of hydrogen-bond donors (Lipinski definition) is 0. The van der Waals surface area contributed by atoms with Gasteiger partial charge < -0.3 is 9.13 Å². The van der Waals surface area contributed by atoms with E-state index in [4.69, 9.17) is 0 Å². The molecule has 0 bridgehead atoms. The van der Waals surface area contributed by atoms with E-state index in [0.29, 0.717) is 5.56 Å². The molecule has 2 aromatic heterocycles. The van der Waals surface area contributed by atoms with E-state index in [1.165, 1.54) is 77.0 Å². The largest absolute Gasteiger partial charge is 0.333 e. The third-order valence-electron chi connectivity index (χ3n) is 12.3. The van der Waals surface area contributed by atoms with Gasteiger partial charge >= 0.3 is 0 Å². The molecule has 0 saturated carbocycles. The van der Waals surface area contributed by atoms with Crippen molar-refractivity contribution in [3.05, 3.63) is 192 Å². The lowest BCUT2D eigenvalue weighted by Crippen LogP contribution is -2.17. The Balaban J connectivity index is 1.03. The molecule has 0 aliphatic heterocycles. The van der Waals surface area contributed by atoms with Crippen LogP contribution in [0.4, 0.5) is 0 Å². The number of nitriles is 1. The van der Waals surface area contributed by atoms with Gasteiger partial charge in [-0.05, 0) is 112 Å². The molecule has 0 spiro atoms. The van der Waals surface area contributed by atoms with Crippen molar-refractivity contribution >= 4 is 49.2 Å². The summed E-state index contributed by atoms with van der Waals surface area (Å²) in [5, 5.41) is 14.3. The second-order valence-electron chi connectivity index (χ2n) is 15.6. The van der Waals surface area contributed by atoms with Gasteiger partial charge in [0.15, 0.2) is 0 Å². The summed E-state index contributed by atoms with van der Waals surface area (Å²) in [4.78, 5) is 0. The zero-order chi connectivity index (χ0) is 36.8. The molecule has 1 atom stereocenters. The number of nitrogens with zero attached hydrogens (tertiary/aromatic N) is 3. The molecule has 3 nitrogen and oxygen atoms in total. The Kier molecular flexibility index (Phi) is 6.79. The van der Waals surface area contributed by atoms with Crippen LogP contribution in [0.25, 0.3) is 77.1 Å². The monoisotopic (exact) mass is 703 g/mol. The highest BCUT2D eigenvalue weighted by Crippen LogP contribution is 2.53. The van der Waals surface area contributed by atoms with Crippen molar-refractivity contribution in [1.82, 2.24) is 9.13 Å². The van der Waals surface area contributed by atoms with Crippen LogP contribution < -0.4 is 0 Å². The van der Waals surface area contributed by atoms with Gasteiger partial charge in [-0.3, -0.25) is 0 Å². The van der Waals surface area contributed by atoms with Crippen LogP contribution in [-0.2, 0) is 5.41 Å². The third-order valence-corrected chi connectivity index (χ3v) is 12.3. The van der Waals surface area contributed by atoms with E-state index in [1.807, 2.05) is 24.3 Å². The zero-order valence-corrected chi connectivity index (χ0v) is 30.8. The van der Waals surface area contributed by atoms with Crippen LogP contribution in [0, 0.1) is 11.3 Å². The molecule has 55 heavy (non-hydrogen) atoms. The van der Waals surface area contributed by atoms with Crippen molar-refractivity contribution in [2.24, 2.45) is 0 Å². The van der Waals surface area contributed by atoms with Gasteiger partial charge in [0, 0.05) is 43.7 Å². The molecular formula is C52H37N3. The van der Waals surface area contributed by atoms with Crippen LogP contribution >= 0.6 is 0 Å². The summed E-state index contributed by atoms with van der Waals surface area (Å²) in [5.74, 6) is 0. The molecular weight excluding hydrogens is 667 g/mol. The minimum atomic E-state index is 0.0206. The van der Waals surface area contributed by atoms with Gasteiger partial charge in [0.25, 0.3) is 0 Å². The van der Waals surface area contributed by atoms with E-state index in [9.17, 15) is 5.26 Å². The van der Waals surface area contributed by atoms with Crippen molar-refractivity contribution in [3.63, 3.8) is 0 Å². The lowest BCUT2D eigenvalue weighted by Gasteiger charge is -2.27. The standard InChI is InChI=1S/C52H37N3/c1-52(2)46-15-6-3-12-40(46)43-31-39(24-25-47(43)52)55-49-17-8-5-14-42(49)45-30-37(23-27-51(45)55)36-22-26-50-44(29-36)41-13-4-7-16-48(41)54(50)38-11-9-10-35(28-38)34-20-18-33(32-53)19-21-34/h3-23,25-31,39H,24H2,1-2H3. The fourth-order valence-electron chi connectivity index (χ4n) is 9.65. The highest BCUT2D eigenvalue weighted by Gasteiger charge is 2.39. The number of rotatable bonds is 4. The molecule has 1 unspecified atom stereocenters. The van der Waals surface area contributed by atoms with E-state index < -0.39 is 0 Å². The first-order chi connectivity index (χ1) is 27.0. The maximum Gasteiger partial charge on any atom is 0.0991 e. The molecule has 9 aromatic rings. The number of fused-ring (bicyclic) bond motifs is 9. The minimum Gasteiger partial charge on any atom is -0.333 e. The smallest absolute Gasteiger partial charge is 0.0991 e. The molecule has 2 aliphatic carbocycles. The molecule has 3 heteroatoms. The fraction of sp³-hybridized carbons (Fsp3) is 0.0962. The van der Waals surface area contributed by atoms with Crippen LogP contribution in [0.5, 0.6) is 0 Å². The van der Waals surface area contributed by atoms with Gasteiger partial charge in [0.05, 0.1) is 28.7 Å². The molecule has 0 radical (unpaired) electrons. The van der Waals surface area contributed by atoms with Crippen molar-refractivity contribution in [1.29, 1.82) is 5.26 Å². The lowest BCUT2D eigenvalue weighted by molar-refractivity contribution is 0.616. The summed E-state index contributed by atoms with van der Waals surface area (Å²) in [6.45, 7) is 4.74.